The van der Waals surface area contributed by atoms with Crippen LogP contribution in [0, 0.1) is 11.8 Å². The van der Waals surface area contributed by atoms with Crippen LogP contribution in [-0.2, 0) is 0 Å². The Labute approximate surface area is 129 Å². The molecule has 0 unspecified atom stereocenters. The molecule has 0 heteroatoms. The molecule has 0 aliphatic carbocycles. The van der Waals surface area contributed by atoms with Crippen LogP contribution in [0.2, 0.25) is 0 Å². The fourth-order valence-electron chi connectivity index (χ4n) is 2.40. The molecule has 20 heavy (non-hydrogen) atoms. The summed E-state index contributed by atoms with van der Waals surface area (Å²) < 4.78 is 0. The second-order valence-electron chi connectivity index (χ2n) is 7.24. The van der Waals surface area contributed by atoms with Crippen molar-refractivity contribution in [3.8, 4) is 0 Å². The molecule has 0 fully saturated rings. The molecule has 0 amide bonds. The standard InChI is InChI=1S/C20H39/c1-5-6-7-8-9-10-11-12-13-14-15-16-17-18-19-20(2,3)4/h12-13,19H,5-11,14-18H2,1-4H3/b13-12-. The monoisotopic (exact) mass is 279 g/mol. The molecule has 0 bridgehead atoms. The number of unbranched alkanes of at least 4 members (excludes halogenated alkanes) is 10. The lowest BCUT2D eigenvalue weighted by Gasteiger charge is -2.16. The van der Waals surface area contributed by atoms with E-state index in [4.69, 9.17) is 0 Å². The molecule has 119 valence electrons. The van der Waals surface area contributed by atoms with E-state index in [1.165, 1.54) is 77.0 Å². The highest BCUT2D eigenvalue weighted by atomic mass is 14.1. The Kier molecular flexibility index (Phi) is 13.5. The zero-order valence-corrected chi connectivity index (χ0v) is 14.7. The zero-order valence-electron chi connectivity index (χ0n) is 14.7. The molecule has 0 spiro atoms. The first-order valence-corrected chi connectivity index (χ1v) is 9.05. The first kappa shape index (κ1) is 19.7. The van der Waals surface area contributed by atoms with Gasteiger partial charge in [-0.25, -0.2) is 0 Å². The quantitative estimate of drug-likeness (QED) is 0.242. The molecule has 0 atom stereocenters. The number of allylic oxidation sites excluding steroid dienone is 2. The Morgan fingerprint density at radius 2 is 1.05 bits per heavy atom. The molecule has 1 radical (unpaired) electrons. The Morgan fingerprint density at radius 3 is 1.60 bits per heavy atom. The van der Waals surface area contributed by atoms with E-state index in [0.29, 0.717) is 5.41 Å². The van der Waals surface area contributed by atoms with Crippen molar-refractivity contribution < 1.29 is 0 Å². The third-order valence-corrected chi connectivity index (χ3v) is 3.72. The van der Waals surface area contributed by atoms with Crippen molar-refractivity contribution in [3.63, 3.8) is 0 Å². The predicted octanol–water partition coefficient (Wildman–Crippen LogP) is 7.49. The average Bonchev–Trinajstić information content (AvgIpc) is 2.38. The van der Waals surface area contributed by atoms with E-state index >= 15 is 0 Å². The molecular formula is C20H39. The summed E-state index contributed by atoms with van der Waals surface area (Å²) in [4.78, 5) is 0. The zero-order chi connectivity index (χ0) is 15.1. The van der Waals surface area contributed by atoms with E-state index in [0.717, 1.165) is 0 Å². The van der Waals surface area contributed by atoms with Crippen molar-refractivity contribution >= 4 is 0 Å². The van der Waals surface area contributed by atoms with Crippen LogP contribution in [-0.4, -0.2) is 0 Å². The molecule has 0 N–H and O–H groups in total. The Hall–Kier alpha value is -0.260. The van der Waals surface area contributed by atoms with Gasteiger partial charge in [-0.3, -0.25) is 0 Å². The lowest BCUT2D eigenvalue weighted by Crippen LogP contribution is -2.04. The summed E-state index contributed by atoms with van der Waals surface area (Å²) in [6.45, 7) is 9.15. The fraction of sp³-hybridized carbons (Fsp3) is 0.850. The van der Waals surface area contributed by atoms with E-state index in [1.807, 2.05) is 0 Å². The smallest absolute Gasteiger partial charge is 0.0332 e. The average molecular weight is 280 g/mol. The number of hydrogen-bond acceptors (Lipinski definition) is 0. The van der Waals surface area contributed by atoms with E-state index in [1.54, 1.807) is 0 Å². The van der Waals surface area contributed by atoms with Crippen LogP contribution >= 0.6 is 0 Å². The van der Waals surface area contributed by atoms with E-state index in [-0.39, 0.29) is 0 Å². The normalized spacial score (nSPS) is 12.4. The van der Waals surface area contributed by atoms with Crippen LogP contribution in [0.4, 0.5) is 0 Å². The van der Waals surface area contributed by atoms with Gasteiger partial charge in [0.2, 0.25) is 0 Å². The third-order valence-electron chi connectivity index (χ3n) is 3.72. The minimum atomic E-state index is 0.400. The lowest BCUT2D eigenvalue weighted by atomic mass is 9.89. The molecular weight excluding hydrogens is 240 g/mol. The van der Waals surface area contributed by atoms with E-state index in [9.17, 15) is 0 Å². The lowest BCUT2D eigenvalue weighted by molar-refractivity contribution is 0.463. The number of hydrogen-bond donors (Lipinski definition) is 0. The SMILES string of the molecule is CCCCCCCC/C=C\CCCCC[CH]C(C)(C)C. The van der Waals surface area contributed by atoms with Crippen molar-refractivity contribution in [2.45, 2.75) is 105 Å². The Balaban J connectivity index is 3.13. The predicted molar refractivity (Wildman–Crippen MR) is 94.0 cm³/mol. The third kappa shape index (κ3) is 17.7. The van der Waals surface area contributed by atoms with Crippen LogP contribution in [0.15, 0.2) is 12.2 Å². The van der Waals surface area contributed by atoms with Crippen LogP contribution in [0.1, 0.15) is 105 Å². The van der Waals surface area contributed by atoms with Crippen molar-refractivity contribution in [1.82, 2.24) is 0 Å². The fourth-order valence-corrected chi connectivity index (χ4v) is 2.40. The largest absolute Gasteiger partial charge is 0.0885 e. The number of rotatable bonds is 13. The molecule has 0 aromatic carbocycles. The first-order valence-electron chi connectivity index (χ1n) is 9.05. The van der Waals surface area contributed by atoms with Gasteiger partial charge in [0.15, 0.2) is 0 Å². The second kappa shape index (κ2) is 13.7. The van der Waals surface area contributed by atoms with Gasteiger partial charge in [0.25, 0.3) is 0 Å². The molecule has 0 aromatic rings. The first-order chi connectivity index (χ1) is 9.56. The van der Waals surface area contributed by atoms with Crippen LogP contribution < -0.4 is 0 Å². The van der Waals surface area contributed by atoms with Crippen molar-refractivity contribution in [1.29, 1.82) is 0 Å². The molecule has 0 saturated carbocycles. The topological polar surface area (TPSA) is 0 Å². The Morgan fingerprint density at radius 1 is 0.600 bits per heavy atom. The highest BCUT2D eigenvalue weighted by Gasteiger charge is 2.08. The van der Waals surface area contributed by atoms with Gasteiger partial charge in [0.1, 0.15) is 0 Å². The maximum atomic E-state index is 2.46. The van der Waals surface area contributed by atoms with Crippen molar-refractivity contribution in [2.24, 2.45) is 5.41 Å². The van der Waals surface area contributed by atoms with Gasteiger partial charge in [-0.15, -0.1) is 0 Å². The molecule has 0 heterocycles. The van der Waals surface area contributed by atoms with E-state index < -0.39 is 0 Å². The Bertz CT molecular complexity index is 207. The minimum Gasteiger partial charge on any atom is -0.0885 e. The van der Waals surface area contributed by atoms with Gasteiger partial charge in [0.05, 0.1) is 0 Å². The maximum Gasteiger partial charge on any atom is -0.0332 e. The summed E-state index contributed by atoms with van der Waals surface area (Å²) >= 11 is 0. The summed E-state index contributed by atoms with van der Waals surface area (Å²) in [7, 11) is 0. The van der Waals surface area contributed by atoms with Gasteiger partial charge in [0, 0.05) is 0 Å². The van der Waals surface area contributed by atoms with E-state index in [2.05, 4.69) is 46.3 Å². The van der Waals surface area contributed by atoms with Crippen LogP contribution in [0.3, 0.4) is 0 Å². The van der Waals surface area contributed by atoms with Gasteiger partial charge in [-0.05, 0) is 43.9 Å². The van der Waals surface area contributed by atoms with Gasteiger partial charge in [-0.2, -0.15) is 0 Å². The van der Waals surface area contributed by atoms with Crippen LogP contribution in [0.5, 0.6) is 0 Å². The minimum absolute atomic E-state index is 0.400. The van der Waals surface area contributed by atoms with Crippen molar-refractivity contribution in [2.75, 3.05) is 0 Å². The molecule has 0 aliphatic rings. The maximum absolute atomic E-state index is 2.46. The summed E-state index contributed by atoms with van der Waals surface area (Å²) in [6.07, 6.45) is 23.7. The van der Waals surface area contributed by atoms with Crippen LogP contribution in [0.25, 0.3) is 0 Å². The second-order valence-corrected chi connectivity index (χ2v) is 7.24. The van der Waals surface area contributed by atoms with Crippen molar-refractivity contribution in [3.05, 3.63) is 18.6 Å². The molecule has 0 nitrogen and oxygen atoms in total. The molecule has 0 rings (SSSR count). The summed E-state index contributed by atoms with van der Waals surface area (Å²) in [5, 5.41) is 0. The van der Waals surface area contributed by atoms with Gasteiger partial charge >= 0.3 is 0 Å². The summed E-state index contributed by atoms with van der Waals surface area (Å²) in [5.41, 5.74) is 0.400. The molecule has 0 aromatic heterocycles. The van der Waals surface area contributed by atoms with Gasteiger partial charge < -0.3 is 0 Å². The summed E-state index contributed by atoms with van der Waals surface area (Å²) in [5.74, 6) is 0. The molecule has 0 saturated heterocycles. The summed E-state index contributed by atoms with van der Waals surface area (Å²) in [6, 6.07) is 0. The highest BCUT2D eigenvalue weighted by molar-refractivity contribution is 4.82. The highest BCUT2D eigenvalue weighted by Crippen LogP contribution is 2.21. The molecule has 0 aliphatic heterocycles. The van der Waals surface area contributed by atoms with Gasteiger partial charge in [-0.1, -0.05) is 84.8 Å².